The number of hydrogen-bond donors (Lipinski definition) is 3. The number of nitrogens with one attached hydrogen (secondary N) is 1. The fourth-order valence-corrected chi connectivity index (χ4v) is 2.12. The zero-order valence-corrected chi connectivity index (χ0v) is 13.3. The third kappa shape index (κ3) is 4.82. The van der Waals surface area contributed by atoms with Gasteiger partial charge in [-0.3, -0.25) is 9.59 Å². The number of anilines is 1. The Hall–Kier alpha value is -1.92. The lowest BCUT2D eigenvalue weighted by molar-refractivity contribution is -0.143. The topological polar surface area (TPSA) is 89.9 Å². The Morgan fingerprint density at radius 2 is 1.64 bits per heavy atom. The van der Waals surface area contributed by atoms with Gasteiger partial charge in [0, 0.05) is 18.8 Å². The maximum Gasteiger partial charge on any atom is 0.313 e. The van der Waals surface area contributed by atoms with Crippen molar-refractivity contribution in [2.45, 2.75) is 26.2 Å². The molecule has 0 saturated heterocycles. The van der Waals surface area contributed by atoms with Gasteiger partial charge < -0.3 is 20.4 Å². The smallest absolute Gasteiger partial charge is 0.313 e. The van der Waals surface area contributed by atoms with Crippen LogP contribution >= 0.6 is 0 Å². The van der Waals surface area contributed by atoms with Crippen molar-refractivity contribution in [1.82, 2.24) is 4.90 Å². The summed E-state index contributed by atoms with van der Waals surface area (Å²) in [6.07, 6.45) is 0. The van der Waals surface area contributed by atoms with E-state index in [2.05, 4.69) is 5.32 Å². The highest BCUT2D eigenvalue weighted by Gasteiger charge is 2.24. The van der Waals surface area contributed by atoms with Crippen molar-refractivity contribution in [3.8, 4) is 0 Å². The molecule has 0 heterocycles. The molecule has 0 saturated carbocycles. The zero-order valence-electron chi connectivity index (χ0n) is 13.3. The minimum atomic E-state index is -0.779. The summed E-state index contributed by atoms with van der Waals surface area (Å²) in [7, 11) is 0. The molecule has 2 amide bonds. The average molecular weight is 308 g/mol. The van der Waals surface area contributed by atoms with Gasteiger partial charge in [-0.25, -0.2) is 0 Å². The Kier molecular flexibility index (Phi) is 6.52. The SMILES string of the molecule is CC(C)(C)c1ccccc1NC(=O)C(=O)N(CCO)CCO. The Balaban J connectivity index is 2.91. The van der Waals surface area contributed by atoms with Gasteiger partial charge in [0.15, 0.2) is 0 Å². The third-order valence-electron chi connectivity index (χ3n) is 3.20. The fraction of sp³-hybridized carbons (Fsp3) is 0.500. The Bertz CT molecular complexity index is 517. The number of para-hydroxylation sites is 1. The first-order valence-electron chi connectivity index (χ1n) is 7.22. The molecular formula is C16H24N2O4. The van der Waals surface area contributed by atoms with Crippen LogP contribution in [0.5, 0.6) is 0 Å². The second-order valence-electron chi connectivity index (χ2n) is 5.99. The maximum absolute atomic E-state index is 12.1. The van der Waals surface area contributed by atoms with Gasteiger partial charge in [0.05, 0.1) is 13.2 Å². The van der Waals surface area contributed by atoms with Gasteiger partial charge in [-0.2, -0.15) is 0 Å². The second-order valence-corrected chi connectivity index (χ2v) is 5.99. The van der Waals surface area contributed by atoms with E-state index in [9.17, 15) is 9.59 Å². The number of aliphatic hydroxyl groups is 2. The zero-order chi connectivity index (χ0) is 16.8. The van der Waals surface area contributed by atoms with E-state index in [1.807, 2.05) is 32.9 Å². The van der Waals surface area contributed by atoms with Crippen LogP contribution in [0.2, 0.25) is 0 Å². The molecule has 0 aromatic heterocycles. The van der Waals surface area contributed by atoms with Crippen molar-refractivity contribution in [3.63, 3.8) is 0 Å². The van der Waals surface area contributed by atoms with E-state index < -0.39 is 11.8 Å². The number of hydrogen-bond acceptors (Lipinski definition) is 4. The Morgan fingerprint density at radius 3 is 2.14 bits per heavy atom. The first-order chi connectivity index (χ1) is 10.3. The molecular weight excluding hydrogens is 284 g/mol. The molecule has 1 aromatic rings. The minimum Gasteiger partial charge on any atom is -0.395 e. The van der Waals surface area contributed by atoms with E-state index in [1.165, 1.54) is 0 Å². The molecule has 0 bridgehead atoms. The molecule has 0 aliphatic carbocycles. The molecule has 3 N–H and O–H groups in total. The van der Waals surface area contributed by atoms with Crippen LogP contribution in [0, 0.1) is 0 Å². The summed E-state index contributed by atoms with van der Waals surface area (Å²) in [6, 6.07) is 7.31. The van der Waals surface area contributed by atoms with Gasteiger partial charge in [-0.1, -0.05) is 39.0 Å². The number of nitrogens with zero attached hydrogens (tertiary/aromatic N) is 1. The van der Waals surface area contributed by atoms with Crippen LogP contribution in [0.4, 0.5) is 5.69 Å². The van der Waals surface area contributed by atoms with Crippen LogP contribution in [0.3, 0.4) is 0 Å². The molecule has 1 aromatic carbocycles. The molecule has 0 unspecified atom stereocenters. The molecule has 0 fully saturated rings. The lowest BCUT2D eigenvalue weighted by Gasteiger charge is -2.24. The number of carbonyl (C=O) groups is 2. The molecule has 122 valence electrons. The number of amides is 2. The highest BCUT2D eigenvalue weighted by atomic mass is 16.3. The van der Waals surface area contributed by atoms with Gasteiger partial charge in [-0.15, -0.1) is 0 Å². The van der Waals surface area contributed by atoms with E-state index in [1.54, 1.807) is 12.1 Å². The van der Waals surface area contributed by atoms with Crippen LogP contribution in [0.15, 0.2) is 24.3 Å². The number of benzene rings is 1. The molecule has 22 heavy (non-hydrogen) atoms. The summed E-state index contributed by atoms with van der Waals surface area (Å²) in [4.78, 5) is 25.3. The molecule has 6 heteroatoms. The highest BCUT2D eigenvalue weighted by molar-refractivity contribution is 6.39. The van der Waals surface area contributed by atoms with Gasteiger partial charge in [0.1, 0.15) is 0 Å². The maximum atomic E-state index is 12.1. The molecule has 0 spiro atoms. The summed E-state index contributed by atoms with van der Waals surface area (Å²) in [5, 5.41) is 20.5. The highest BCUT2D eigenvalue weighted by Crippen LogP contribution is 2.29. The quantitative estimate of drug-likeness (QED) is 0.700. The summed E-state index contributed by atoms with van der Waals surface area (Å²) < 4.78 is 0. The van der Waals surface area contributed by atoms with E-state index in [0.717, 1.165) is 10.5 Å². The van der Waals surface area contributed by atoms with E-state index in [0.29, 0.717) is 5.69 Å². The van der Waals surface area contributed by atoms with Crippen molar-refractivity contribution in [3.05, 3.63) is 29.8 Å². The number of aliphatic hydroxyl groups excluding tert-OH is 2. The van der Waals surface area contributed by atoms with Crippen molar-refractivity contribution >= 4 is 17.5 Å². The lowest BCUT2D eigenvalue weighted by Crippen LogP contribution is -2.42. The van der Waals surface area contributed by atoms with Gasteiger partial charge in [0.2, 0.25) is 0 Å². The summed E-state index contributed by atoms with van der Waals surface area (Å²) in [6.45, 7) is 5.54. The van der Waals surface area contributed by atoms with Gasteiger partial charge in [0.25, 0.3) is 0 Å². The van der Waals surface area contributed by atoms with E-state index >= 15 is 0 Å². The van der Waals surface area contributed by atoms with Crippen LogP contribution in [0.25, 0.3) is 0 Å². The molecule has 0 atom stereocenters. The van der Waals surface area contributed by atoms with E-state index in [-0.39, 0.29) is 31.7 Å². The predicted octanol–water partition coefficient (Wildman–Crippen LogP) is 0.736. The largest absolute Gasteiger partial charge is 0.395 e. The van der Waals surface area contributed by atoms with Crippen LogP contribution in [-0.2, 0) is 15.0 Å². The van der Waals surface area contributed by atoms with Crippen LogP contribution in [0.1, 0.15) is 26.3 Å². The van der Waals surface area contributed by atoms with E-state index in [4.69, 9.17) is 10.2 Å². The standard InChI is InChI=1S/C16H24N2O4/c1-16(2,3)12-6-4-5-7-13(12)17-14(21)15(22)18(8-10-19)9-11-20/h4-7,19-20H,8-11H2,1-3H3,(H,17,21). The molecule has 1 rings (SSSR count). The normalized spacial score (nSPS) is 11.1. The first kappa shape index (κ1) is 18.1. The molecule has 6 nitrogen and oxygen atoms in total. The molecule has 0 aliphatic heterocycles. The second kappa shape index (κ2) is 7.91. The van der Waals surface area contributed by atoms with Crippen LogP contribution in [-0.4, -0.2) is 53.2 Å². The van der Waals surface area contributed by atoms with Crippen molar-refractivity contribution in [2.75, 3.05) is 31.6 Å². The lowest BCUT2D eigenvalue weighted by atomic mass is 9.86. The third-order valence-corrected chi connectivity index (χ3v) is 3.20. The average Bonchev–Trinajstić information content (AvgIpc) is 2.45. The summed E-state index contributed by atoms with van der Waals surface area (Å²) in [5.41, 5.74) is 1.33. The fourth-order valence-electron chi connectivity index (χ4n) is 2.12. The van der Waals surface area contributed by atoms with Crippen molar-refractivity contribution in [2.24, 2.45) is 0 Å². The Labute approximate surface area is 130 Å². The van der Waals surface area contributed by atoms with Crippen molar-refractivity contribution < 1.29 is 19.8 Å². The summed E-state index contributed by atoms with van der Waals surface area (Å²) in [5.74, 6) is -1.55. The molecule has 0 radical (unpaired) electrons. The minimum absolute atomic E-state index is 0.00767. The summed E-state index contributed by atoms with van der Waals surface area (Å²) >= 11 is 0. The monoisotopic (exact) mass is 308 g/mol. The van der Waals surface area contributed by atoms with Gasteiger partial charge >= 0.3 is 11.8 Å². The Morgan fingerprint density at radius 1 is 1.09 bits per heavy atom. The van der Waals surface area contributed by atoms with Crippen molar-refractivity contribution in [1.29, 1.82) is 0 Å². The van der Waals surface area contributed by atoms with Crippen LogP contribution < -0.4 is 5.32 Å². The number of rotatable bonds is 5. The first-order valence-corrected chi connectivity index (χ1v) is 7.22. The van der Waals surface area contributed by atoms with Gasteiger partial charge in [-0.05, 0) is 17.0 Å². The predicted molar refractivity (Wildman–Crippen MR) is 84.5 cm³/mol. The molecule has 0 aliphatic rings. The number of carbonyl (C=O) groups excluding carboxylic acids is 2.